The monoisotopic (exact) mass is 291 g/mol. The molecule has 116 valence electrons. The van der Waals surface area contributed by atoms with E-state index < -0.39 is 0 Å². The maximum Gasteiger partial charge on any atom is 0.231 e. The van der Waals surface area contributed by atoms with Gasteiger partial charge in [0.05, 0.1) is 0 Å². The lowest BCUT2D eigenvalue weighted by atomic mass is 10.4. The zero-order chi connectivity index (χ0) is 14.5. The average molecular weight is 291 g/mol. The molecule has 2 fully saturated rings. The van der Waals surface area contributed by atoms with Crippen LogP contribution < -0.4 is 16.0 Å². The molecule has 2 aliphatic rings. The third-order valence-electron chi connectivity index (χ3n) is 4.16. The molecule has 0 aliphatic carbocycles. The predicted octanol–water partition coefficient (Wildman–Crippen LogP) is 0.952. The summed E-state index contributed by atoms with van der Waals surface area (Å²) in [5, 5.41) is 3.28. The van der Waals surface area contributed by atoms with Gasteiger partial charge >= 0.3 is 0 Å². The Hall–Kier alpha value is -1.63. The van der Waals surface area contributed by atoms with Gasteiger partial charge in [0.25, 0.3) is 0 Å². The van der Waals surface area contributed by atoms with Crippen molar-refractivity contribution in [3.63, 3.8) is 0 Å². The van der Waals surface area contributed by atoms with Gasteiger partial charge in [-0.05, 0) is 51.7 Å². The summed E-state index contributed by atoms with van der Waals surface area (Å²) in [6.07, 6.45) is 6.19. The van der Waals surface area contributed by atoms with Crippen LogP contribution in [0.2, 0.25) is 0 Å². The molecule has 1 aromatic heterocycles. The van der Waals surface area contributed by atoms with Gasteiger partial charge in [-0.15, -0.1) is 0 Å². The number of aromatic nitrogens is 3. The highest BCUT2D eigenvalue weighted by molar-refractivity contribution is 5.42. The van der Waals surface area contributed by atoms with Gasteiger partial charge in [0.2, 0.25) is 17.8 Å². The Morgan fingerprint density at radius 2 is 1.67 bits per heavy atom. The van der Waals surface area contributed by atoms with E-state index in [1.54, 1.807) is 0 Å². The molecule has 1 aromatic rings. The summed E-state index contributed by atoms with van der Waals surface area (Å²) in [6, 6.07) is 0. The van der Waals surface area contributed by atoms with Crippen molar-refractivity contribution in [3.05, 3.63) is 0 Å². The Morgan fingerprint density at radius 3 is 2.43 bits per heavy atom. The second-order valence-electron chi connectivity index (χ2n) is 5.84. The first-order valence-corrected chi connectivity index (χ1v) is 8.04. The van der Waals surface area contributed by atoms with Crippen LogP contribution >= 0.6 is 0 Å². The number of nitrogens with two attached hydrogens (primary N) is 1. The Bertz CT molecular complexity index is 453. The average Bonchev–Trinajstić information content (AvgIpc) is 3.16. The maximum absolute atomic E-state index is 5.79. The molecule has 7 heteroatoms. The maximum atomic E-state index is 5.79. The van der Waals surface area contributed by atoms with E-state index in [1.807, 2.05) is 0 Å². The zero-order valence-electron chi connectivity index (χ0n) is 12.6. The van der Waals surface area contributed by atoms with E-state index in [0.29, 0.717) is 17.8 Å². The fourth-order valence-corrected chi connectivity index (χ4v) is 3.03. The largest absolute Gasteiger partial charge is 0.368 e. The van der Waals surface area contributed by atoms with Crippen LogP contribution in [-0.2, 0) is 0 Å². The highest BCUT2D eigenvalue weighted by atomic mass is 15.3. The van der Waals surface area contributed by atoms with Crippen LogP contribution in [0.4, 0.5) is 17.8 Å². The van der Waals surface area contributed by atoms with Crippen LogP contribution in [0.15, 0.2) is 0 Å². The van der Waals surface area contributed by atoms with Crippen molar-refractivity contribution in [2.24, 2.45) is 0 Å². The number of nitrogen functional groups attached to an aromatic ring is 1. The first-order chi connectivity index (χ1) is 10.3. The normalized spacial score (nSPS) is 19.3. The first-order valence-electron chi connectivity index (χ1n) is 8.04. The molecule has 0 amide bonds. The number of rotatable bonds is 6. The van der Waals surface area contributed by atoms with Crippen molar-refractivity contribution in [3.8, 4) is 0 Å². The van der Waals surface area contributed by atoms with E-state index in [4.69, 9.17) is 5.73 Å². The molecule has 0 bridgehead atoms. The molecule has 0 aromatic carbocycles. The van der Waals surface area contributed by atoms with Crippen molar-refractivity contribution >= 4 is 17.8 Å². The number of nitrogens with zero attached hydrogens (tertiary/aromatic N) is 5. The van der Waals surface area contributed by atoms with Crippen LogP contribution in [0.1, 0.15) is 32.1 Å². The topological polar surface area (TPSA) is 83.2 Å². The van der Waals surface area contributed by atoms with Gasteiger partial charge in [-0.1, -0.05) is 0 Å². The van der Waals surface area contributed by atoms with E-state index in [9.17, 15) is 0 Å². The van der Waals surface area contributed by atoms with Crippen molar-refractivity contribution in [2.75, 3.05) is 55.2 Å². The molecule has 2 saturated heterocycles. The van der Waals surface area contributed by atoms with E-state index in [1.165, 1.54) is 38.8 Å². The SMILES string of the molecule is Nc1nc(NCCCN2CCCC2)nc(N2CCCC2)n1. The summed E-state index contributed by atoms with van der Waals surface area (Å²) in [6.45, 7) is 6.54. The fraction of sp³-hybridized carbons (Fsp3) is 0.786. The lowest BCUT2D eigenvalue weighted by Crippen LogP contribution is -2.24. The minimum atomic E-state index is 0.300. The molecule has 3 heterocycles. The second-order valence-corrected chi connectivity index (χ2v) is 5.84. The molecule has 3 rings (SSSR count). The van der Waals surface area contributed by atoms with Gasteiger partial charge in [-0.2, -0.15) is 15.0 Å². The van der Waals surface area contributed by atoms with Gasteiger partial charge in [-0.3, -0.25) is 0 Å². The van der Waals surface area contributed by atoms with Crippen LogP contribution in [0.3, 0.4) is 0 Å². The molecule has 3 N–H and O–H groups in total. The van der Waals surface area contributed by atoms with Crippen molar-refractivity contribution in [2.45, 2.75) is 32.1 Å². The molecule has 0 spiro atoms. The lowest BCUT2D eigenvalue weighted by molar-refractivity contribution is 0.337. The van der Waals surface area contributed by atoms with Crippen LogP contribution in [0.5, 0.6) is 0 Å². The summed E-state index contributed by atoms with van der Waals surface area (Å²) in [5.41, 5.74) is 5.79. The van der Waals surface area contributed by atoms with Crippen molar-refractivity contribution in [1.82, 2.24) is 19.9 Å². The van der Waals surface area contributed by atoms with E-state index in [-0.39, 0.29) is 0 Å². The van der Waals surface area contributed by atoms with E-state index in [0.717, 1.165) is 32.6 Å². The Kier molecular flexibility index (Phi) is 4.69. The Labute approximate surface area is 126 Å². The van der Waals surface area contributed by atoms with Gasteiger partial charge in [-0.25, -0.2) is 0 Å². The molecule has 0 radical (unpaired) electrons. The number of nitrogens with one attached hydrogen (secondary N) is 1. The van der Waals surface area contributed by atoms with Gasteiger partial charge in [0.15, 0.2) is 0 Å². The van der Waals surface area contributed by atoms with Crippen molar-refractivity contribution < 1.29 is 0 Å². The predicted molar refractivity (Wildman–Crippen MR) is 84.5 cm³/mol. The first kappa shape index (κ1) is 14.3. The zero-order valence-corrected chi connectivity index (χ0v) is 12.6. The van der Waals surface area contributed by atoms with Crippen molar-refractivity contribution in [1.29, 1.82) is 0 Å². The molecule has 21 heavy (non-hydrogen) atoms. The summed E-state index contributed by atoms with van der Waals surface area (Å²) in [7, 11) is 0. The van der Waals surface area contributed by atoms with E-state index >= 15 is 0 Å². The number of anilines is 3. The molecule has 7 nitrogen and oxygen atoms in total. The van der Waals surface area contributed by atoms with E-state index in [2.05, 4.69) is 30.1 Å². The molecular formula is C14H25N7. The highest BCUT2D eigenvalue weighted by Crippen LogP contribution is 2.17. The summed E-state index contributed by atoms with van der Waals surface area (Å²) < 4.78 is 0. The Morgan fingerprint density at radius 1 is 0.952 bits per heavy atom. The molecular weight excluding hydrogens is 266 g/mol. The lowest BCUT2D eigenvalue weighted by Gasteiger charge is -2.17. The number of hydrogen-bond acceptors (Lipinski definition) is 7. The fourth-order valence-electron chi connectivity index (χ4n) is 3.03. The molecule has 0 atom stereocenters. The molecule has 2 aliphatic heterocycles. The minimum Gasteiger partial charge on any atom is -0.368 e. The van der Waals surface area contributed by atoms with Crippen LogP contribution in [-0.4, -0.2) is 59.1 Å². The number of likely N-dealkylation sites (tertiary alicyclic amines) is 1. The minimum absolute atomic E-state index is 0.300. The quantitative estimate of drug-likeness (QED) is 0.755. The van der Waals surface area contributed by atoms with Crippen LogP contribution in [0, 0.1) is 0 Å². The second kappa shape index (κ2) is 6.89. The highest BCUT2D eigenvalue weighted by Gasteiger charge is 2.16. The third kappa shape index (κ3) is 3.93. The summed E-state index contributed by atoms with van der Waals surface area (Å²) >= 11 is 0. The Balaban J connectivity index is 1.49. The standard InChI is InChI=1S/C14H25N7/c15-12-17-13(16-6-5-9-20-7-1-2-8-20)19-14(18-12)21-10-3-4-11-21/h1-11H2,(H3,15,16,17,18,19). The molecule has 0 unspecified atom stereocenters. The van der Waals surface area contributed by atoms with Gasteiger partial charge < -0.3 is 20.9 Å². The summed E-state index contributed by atoms with van der Waals surface area (Å²) in [4.78, 5) is 17.6. The van der Waals surface area contributed by atoms with Crippen LogP contribution in [0.25, 0.3) is 0 Å². The molecule has 0 saturated carbocycles. The smallest absolute Gasteiger partial charge is 0.231 e. The third-order valence-corrected chi connectivity index (χ3v) is 4.16. The summed E-state index contributed by atoms with van der Waals surface area (Å²) in [5.74, 6) is 1.61. The van der Waals surface area contributed by atoms with Gasteiger partial charge in [0, 0.05) is 19.6 Å². The van der Waals surface area contributed by atoms with Gasteiger partial charge in [0.1, 0.15) is 0 Å². The number of hydrogen-bond donors (Lipinski definition) is 2.